The van der Waals surface area contributed by atoms with Gasteiger partial charge in [0.25, 0.3) is 0 Å². The molecule has 0 fully saturated rings. The van der Waals surface area contributed by atoms with E-state index in [1.807, 2.05) is 24.3 Å². The Morgan fingerprint density at radius 2 is 1.83 bits per heavy atom. The molecule has 0 aliphatic rings. The van der Waals surface area contributed by atoms with E-state index in [4.69, 9.17) is 11.6 Å². The zero-order valence-corrected chi connectivity index (χ0v) is 15.0. The summed E-state index contributed by atoms with van der Waals surface area (Å²) in [5.74, 6) is -0.284. The quantitative estimate of drug-likeness (QED) is 0.255. The summed E-state index contributed by atoms with van der Waals surface area (Å²) >= 11 is 15.0. The van der Waals surface area contributed by atoms with Crippen LogP contribution in [-0.2, 0) is 0 Å². The summed E-state index contributed by atoms with van der Waals surface area (Å²) in [4.78, 5) is -0.212. The molecule has 0 amide bonds. The Morgan fingerprint density at radius 1 is 1.17 bits per heavy atom. The second-order valence-corrected chi connectivity index (χ2v) is 7.01. The normalized spacial score (nSPS) is 12.5. The Bertz CT molecular complexity index is 589. The largest absolute Gasteiger partial charge is 0.207 e. The maximum atomic E-state index is 14.0. The number of hydrogen-bond donors (Lipinski definition) is 0. The summed E-state index contributed by atoms with van der Waals surface area (Å²) in [6.45, 7) is 0. The van der Waals surface area contributed by atoms with Crippen molar-refractivity contribution in [1.82, 2.24) is 0 Å². The summed E-state index contributed by atoms with van der Waals surface area (Å²) in [6, 6.07) is 10.9. The third-order valence-corrected chi connectivity index (χ3v) is 5.66. The monoisotopic (exact) mass is 502 g/mol. The molecule has 0 bridgehead atoms. The van der Waals surface area contributed by atoms with Gasteiger partial charge in [-0.1, -0.05) is 45.7 Å². The van der Waals surface area contributed by atoms with Crippen LogP contribution in [0.25, 0.3) is 0 Å². The second kappa shape index (κ2) is 6.20. The third kappa shape index (κ3) is 3.08. The lowest BCUT2D eigenvalue weighted by Crippen LogP contribution is -1.99. The van der Waals surface area contributed by atoms with Gasteiger partial charge in [-0.05, 0) is 62.3 Å². The highest BCUT2D eigenvalue weighted by atomic mass is 127. The van der Waals surface area contributed by atoms with Crippen molar-refractivity contribution in [2.75, 3.05) is 0 Å². The minimum Gasteiger partial charge on any atom is -0.207 e. The van der Waals surface area contributed by atoms with Gasteiger partial charge in [-0.2, -0.15) is 0 Å². The van der Waals surface area contributed by atoms with Crippen molar-refractivity contribution in [3.63, 3.8) is 0 Å². The molecule has 1 atom stereocenters. The summed E-state index contributed by atoms with van der Waals surface area (Å²) in [6.07, 6.45) is 0. The van der Waals surface area contributed by atoms with Gasteiger partial charge in [-0.3, -0.25) is 0 Å². The van der Waals surface area contributed by atoms with Crippen molar-refractivity contribution in [3.8, 4) is 0 Å². The van der Waals surface area contributed by atoms with Gasteiger partial charge < -0.3 is 0 Å². The lowest BCUT2D eigenvalue weighted by molar-refractivity contribution is 0.612. The van der Waals surface area contributed by atoms with Crippen LogP contribution in [0.4, 0.5) is 4.39 Å². The molecule has 0 spiro atoms. The Hall–Kier alpha value is 0.350. The van der Waals surface area contributed by atoms with Crippen LogP contribution in [0.15, 0.2) is 40.9 Å². The lowest BCUT2D eigenvalue weighted by atomic mass is 10.0. The Labute approximate surface area is 140 Å². The standard InChI is InChI=1S/C13H7Br2ClFI/c14-9-6-11(17)8(5-10(9)16)13(15)7-3-1-2-4-12(7)18/h1-6,13H. The molecule has 94 valence electrons. The molecular formula is C13H7Br2ClFI. The fourth-order valence-electron chi connectivity index (χ4n) is 1.58. The van der Waals surface area contributed by atoms with Gasteiger partial charge in [-0.25, -0.2) is 4.39 Å². The molecule has 0 N–H and O–H groups in total. The highest BCUT2D eigenvalue weighted by molar-refractivity contribution is 14.1. The lowest BCUT2D eigenvalue weighted by Gasteiger charge is -2.14. The molecule has 0 saturated carbocycles. The van der Waals surface area contributed by atoms with E-state index in [9.17, 15) is 4.39 Å². The first kappa shape index (κ1) is 14.8. The molecule has 0 nitrogen and oxygen atoms in total. The first-order valence-corrected chi connectivity index (χ1v) is 8.20. The van der Waals surface area contributed by atoms with Crippen LogP contribution in [0.5, 0.6) is 0 Å². The summed E-state index contributed by atoms with van der Waals surface area (Å²) in [5.41, 5.74) is 1.56. The van der Waals surface area contributed by atoms with Gasteiger partial charge in [-0.15, -0.1) is 0 Å². The summed E-state index contributed by atoms with van der Waals surface area (Å²) in [7, 11) is 0. The molecule has 0 saturated heterocycles. The van der Waals surface area contributed by atoms with E-state index < -0.39 is 0 Å². The van der Waals surface area contributed by atoms with Crippen molar-refractivity contribution in [2.24, 2.45) is 0 Å². The van der Waals surface area contributed by atoms with Gasteiger partial charge in [0.2, 0.25) is 0 Å². The predicted molar refractivity (Wildman–Crippen MR) is 89.0 cm³/mol. The molecule has 18 heavy (non-hydrogen) atoms. The molecule has 0 heterocycles. The van der Waals surface area contributed by atoms with E-state index in [0.717, 1.165) is 9.13 Å². The second-order valence-electron chi connectivity index (χ2n) is 3.67. The van der Waals surface area contributed by atoms with E-state index in [1.54, 1.807) is 6.07 Å². The highest BCUT2D eigenvalue weighted by Crippen LogP contribution is 2.37. The Morgan fingerprint density at radius 3 is 2.50 bits per heavy atom. The first-order valence-electron chi connectivity index (χ1n) is 5.03. The third-order valence-electron chi connectivity index (χ3n) is 2.49. The molecule has 1 unspecified atom stereocenters. The van der Waals surface area contributed by atoms with Gasteiger partial charge in [0.1, 0.15) is 5.82 Å². The molecular weight excluding hydrogens is 497 g/mol. The molecule has 0 aromatic heterocycles. The van der Waals surface area contributed by atoms with E-state index in [-0.39, 0.29) is 10.6 Å². The zero-order valence-electron chi connectivity index (χ0n) is 8.93. The van der Waals surface area contributed by atoms with Crippen molar-refractivity contribution in [2.45, 2.75) is 4.83 Å². The maximum absolute atomic E-state index is 14.0. The molecule has 0 aliphatic carbocycles. The van der Waals surface area contributed by atoms with Crippen LogP contribution in [0.1, 0.15) is 16.0 Å². The SMILES string of the molecule is Fc1cc(Br)c(Cl)cc1C(Br)c1ccccc1I. The molecule has 0 radical (unpaired) electrons. The predicted octanol–water partition coefficient (Wildman–Crippen LogP) is 6.33. The van der Waals surface area contributed by atoms with Gasteiger partial charge in [0.05, 0.1) is 9.85 Å². The van der Waals surface area contributed by atoms with Crippen molar-refractivity contribution in [1.29, 1.82) is 0 Å². The Kier molecular flexibility index (Phi) is 5.08. The van der Waals surface area contributed by atoms with Crippen LogP contribution >= 0.6 is 66.1 Å². The average molecular weight is 504 g/mol. The number of alkyl halides is 1. The number of halogens is 5. The van der Waals surface area contributed by atoms with Crippen LogP contribution in [0, 0.1) is 9.39 Å². The van der Waals surface area contributed by atoms with E-state index in [1.165, 1.54) is 6.07 Å². The van der Waals surface area contributed by atoms with Gasteiger partial charge in [0.15, 0.2) is 0 Å². The molecule has 5 heteroatoms. The van der Waals surface area contributed by atoms with Crippen LogP contribution in [-0.4, -0.2) is 0 Å². The van der Waals surface area contributed by atoms with E-state index in [0.29, 0.717) is 15.1 Å². The topological polar surface area (TPSA) is 0 Å². The highest BCUT2D eigenvalue weighted by Gasteiger charge is 2.18. The van der Waals surface area contributed by atoms with Crippen molar-refractivity contribution >= 4 is 66.1 Å². The number of benzene rings is 2. The average Bonchev–Trinajstić information content (AvgIpc) is 2.33. The van der Waals surface area contributed by atoms with E-state index in [2.05, 4.69) is 54.5 Å². The van der Waals surface area contributed by atoms with Gasteiger partial charge in [0, 0.05) is 13.6 Å². The fourth-order valence-corrected chi connectivity index (χ4v) is 3.94. The van der Waals surface area contributed by atoms with Crippen LogP contribution in [0.2, 0.25) is 5.02 Å². The maximum Gasteiger partial charge on any atom is 0.129 e. The molecule has 2 aromatic rings. The Balaban J connectivity index is 2.50. The van der Waals surface area contributed by atoms with Gasteiger partial charge >= 0.3 is 0 Å². The summed E-state index contributed by atoms with van der Waals surface area (Å²) < 4.78 is 15.6. The minimum atomic E-state index is -0.284. The first-order chi connectivity index (χ1) is 8.50. The van der Waals surface area contributed by atoms with Crippen LogP contribution < -0.4 is 0 Å². The molecule has 2 aromatic carbocycles. The zero-order chi connectivity index (χ0) is 13.3. The molecule has 0 aliphatic heterocycles. The minimum absolute atomic E-state index is 0.212. The fraction of sp³-hybridized carbons (Fsp3) is 0.0769. The van der Waals surface area contributed by atoms with Crippen molar-refractivity contribution < 1.29 is 4.39 Å². The van der Waals surface area contributed by atoms with E-state index >= 15 is 0 Å². The van der Waals surface area contributed by atoms with Crippen molar-refractivity contribution in [3.05, 3.63) is 66.4 Å². The molecule has 2 rings (SSSR count). The number of hydrogen-bond acceptors (Lipinski definition) is 0. The number of rotatable bonds is 2. The summed E-state index contributed by atoms with van der Waals surface area (Å²) in [5, 5.41) is 0.502. The smallest absolute Gasteiger partial charge is 0.129 e. The van der Waals surface area contributed by atoms with Crippen LogP contribution in [0.3, 0.4) is 0 Å².